The maximum atomic E-state index is 6.02. The Balaban J connectivity index is 0.00000420. The molecule has 0 atom stereocenters. The summed E-state index contributed by atoms with van der Waals surface area (Å²) in [7, 11) is 4.94. The summed E-state index contributed by atoms with van der Waals surface area (Å²) in [6.45, 7) is 6.56. The van der Waals surface area contributed by atoms with Crippen LogP contribution in [0.1, 0.15) is 22.5 Å². The minimum atomic E-state index is 0. The molecule has 3 N–H and O–H groups in total. The van der Waals surface area contributed by atoms with Crippen LogP contribution in [0.4, 0.5) is 0 Å². The molecule has 1 aromatic heterocycles. The Hall–Kier alpha value is -2.01. The minimum absolute atomic E-state index is 0. The molecule has 0 spiro atoms. The average Bonchev–Trinajstić information content (AvgIpc) is 2.97. The second kappa shape index (κ2) is 12.5. The molecule has 0 unspecified atom stereocenters. The first kappa shape index (κ1) is 25.0. The number of nitrogens with zero attached hydrogens (tertiary/aromatic N) is 3. The van der Waals surface area contributed by atoms with Crippen molar-refractivity contribution in [3.8, 4) is 11.5 Å². The van der Waals surface area contributed by atoms with Crippen LogP contribution in [0.15, 0.2) is 23.2 Å². The first-order chi connectivity index (χ1) is 13.5. The molecule has 0 aliphatic rings. The lowest BCUT2D eigenvalue weighted by molar-refractivity contribution is 0.182. The molecule has 29 heavy (non-hydrogen) atoms. The van der Waals surface area contributed by atoms with Crippen LogP contribution in [0.3, 0.4) is 0 Å². The van der Waals surface area contributed by atoms with Gasteiger partial charge in [0.2, 0.25) is 0 Å². The van der Waals surface area contributed by atoms with Crippen LogP contribution in [0.25, 0.3) is 0 Å². The Bertz CT molecular complexity index is 808. The molecule has 2 aromatic rings. The lowest BCUT2D eigenvalue weighted by Gasteiger charge is -2.10. The van der Waals surface area contributed by atoms with E-state index in [1.165, 1.54) is 0 Å². The fourth-order valence-corrected chi connectivity index (χ4v) is 2.95. The van der Waals surface area contributed by atoms with Gasteiger partial charge in [0.25, 0.3) is 0 Å². The maximum Gasteiger partial charge on any atom is 0.188 e. The lowest BCUT2D eigenvalue weighted by Crippen LogP contribution is -2.33. The van der Waals surface area contributed by atoms with Crippen LogP contribution < -0.4 is 20.5 Å². The van der Waals surface area contributed by atoms with E-state index in [1.807, 2.05) is 36.7 Å². The third kappa shape index (κ3) is 7.07. The number of hydrogen-bond acceptors (Lipinski definition) is 5. The van der Waals surface area contributed by atoms with Gasteiger partial charge in [0.1, 0.15) is 0 Å². The van der Waals surface area contributed by atoms with Gasteiger partial charge in [-0.15, -0.1) is 24.0 Å². The Morgan fingerprint density at radius 2 is 1.90 bits per heavy atom. The van der Waals surface area contributed by atoms with Gasteiger partial charge in [0.15, 0.2) is 17.5 Å². The number of halogens is 1. The normalized spacial score (nSPS) is 11.1. The monoisotopic (exact) mass is 517 g/mol. The second-order valence-corrected chi connectivity index (χ2v) is 6.43. The molecule has 0 aliphatic heterocycles. The Labute approximate surface area is 189 Å². The van der Waals surface area contributed by atoms with E-state index >= 15 is 0 Å². The number of aromatic nitrogens is 2. The Morgan fingerprint density at radius 3 is 2.55 bits per heavy atom. The molecule has 0 aliphatic carbocycles. The van der Waals surface area contributed by atoms with Gasteiger partial charge in [-0.05, 0) is 38.0 Å². The number of methoxy groups -OCH3 is 3. The van der Waals surface area contributed by atoms with Crippen LogP contribution in [0.2, 0.25) is 0 Å². The maximum absolute atomic E-state index is 6.02. The number of nitrogens with two attached hydrogens (primary N) is 1. The molecule has 0 amide bonds. The van der Waals surface area contributed by atoms with Crippen molar-refractivity contribution in [2.75, 3.05) is 34.5 Å². The topological polar surface area (TPSA) is 95.9 Å². The van der Waals surface area contributed by atoms with E-state index in [2.05, 4.69) is 15.4 Å². The molecule has 0 saturated carbocycles. The highest BCUT2D eigenvalue weighted by Gasteiger charge is 2.11. The molecule has 2 rings (SSSR count). The smallest absolute Gasteiger partial charge is 0.188 e. The van der Waals surface area contributed by atoms with Crippen LogP contribution in [0.5, 0.6) is 11.5 Å². The number of aliphatic imine (C=N–C) groups is 1. The second-order valence-electron chi connectivity index (χ2n) is 6.43. The summed E-state index contributed by atoms with van der Waals surface area (Å²) < 4.78 is 17.7. The summed E-state index contributed by atoms with van der Waals surface area (Å²) in [5, 5.41) is 7.70. The van der Waals surface area contributed by atoms with Gasteiger partial charge in [-0.2, -0.15) is 5.10 Å². The number of rotatable bonds is 10. The van der Waals surface area contributed by atoms with Crippen molar-refractivity contribution >= 4 is 29.9 Å². The zero-order valence-electron chi connectivity index (χ0n) is 17.8. The highest BCUT2D eigenvalue weighted by Crippen LogP contribution is 2.27. The Kier molecular flexibility index (Phi) is 10.8. The first-order valence-corrected chi connectivity index (χ1v) is 9.26. The SMILES string of the molecule is COCCn1nc(C)c(CN=C(N)NCCc2ccc(OC)c(OC)c2)c1C.I. The number of guanidine groups is 1. The molecule has 0 fully saturated rings. The highest BCUT2D eigenvalue weighted by atomic mass is 127. The van der Waals surface area contributed by atoms with Crippen LogP contribution >= 0.6 is 24.0 Å². The molecule has 1 heterocycles. The van der Waals surface area contributed by atoms with Gasteiger partial charge < -0.3 is 25.3 Å². The van der Waals surface area contributed by atoms with Gasteiger partial charge >= 0.3 is 0 Å². The first-order valence-electron chi connectivity index (χ1n) is 9.26. The molecule has 9 heteroatoms. The van der Waals surface area contributed by atoms with E-state index in [0.717, 1.165) is 47.0 Å². The standard InChI is InChI=1S/C20H31N5O3.HI/c1-14-17(15(2)25(24-14)10-11-26-3)13-23-20(21)22-9-8-16-6-7-18(27-4)19(12-16)28-5;/h6-7,12H,8-11,13H2,1-5H3,(H3,21,22,23);1H. The zero-order chi connectivity index (χ0) is 20.5. The van der Waals surface area contributed by atoms with Gasteiger partial charge in [0, 0.05) is 24.9 Å². The van der Waals surface area contributed by atoms with Crippen molar-refractivity contribution in [2.24, 2.45) is 10.7 Å². The van der Waals surface area contributed by atoms with Crippen molar-refractivity contribution < 1.29 is 14.2 Å². The summed E-state index contributed by atoms with van der Waals surface area (Å²) in [5.41, 5.74) is 10.3. The van der Waals surface area contributed by atoms with Crippen LogP contribution in [-0.2, 0) is 24.2 Å². The predicted octanol–water partition coefficient (Wildman–Crippen LogP) is 2.43. The van der Waals surface area contributed by atoms with E-state index in [0.29, 0.717) is 25.7 Å². The number of hydrogen-bond donors (Lipinski definition) is 2. The molecular formula is C20H32IN5O3. The van der Waals surface area contributed by atoms with Crippen molar-refractivity contribution in [1.29, 1.82) is 0 Å². The lowest BCUT2D eigenvalue weighted by atomic mass is 10.1. The quantitative estimate of drug-likeness (QED) is 0.286. The molecule has 8 nitrogen and oxygen atoms in total. The van der Waals surface area contributed by atoms with E-state index < -0.39 is 0 Å². The minimum Gasteiger partial charge on any atom is -0.493 e. The number of benzene rings is 1. The summed E-state index contributed by atoms with van der Waals surface area (Å²) in [6.07, 6.45) is 0.795. The van der Waals surface area contributed by atoms with Crippen molar-refractivity contribution in [3.63, 3.8) is 0 Å². The molecule has 0 radical (unpaired) electrons. The summed E-state index contributed by atoms with van der Waals surface area (Å²) in [4.78, 5) is 4.46. The van der Waals surface area contributed by atoms with E-state index in [9.17, 15) is 0 Å². The third-order valence-corrected chi connectivity index (χ3v) is 4.61. The van der Waals surface area contributed by atoms with Gasteiger partial charge in [-0.1, -0.05) is 6.07 Å². The fraction of sp³-hybridized carbons (Fsp3) is 0.500. The number of ether oxygens (including phenoxy) is 3. The van der Waals surface area contributed by atoms with Crippen molar-refractivity contribution in [1.82, 2.24) is 15.1 Å². The molecule has 0 bridgehead atoms. The largest absolute Gasteiger partial charge is 0.493 e. The molecular weight excluding hydrogens is 485 g/mol. The van der Waals surface area contributed by atoms with E-state index in [-0.39, 0.29) is 24.0 Å². The van der Waals surface area contributed by atoms with Gasteiger partial charge in [0.05, 0.1) is 39.6 Å². The van der Waals surface area contributed by atoms with Crippen LogP contribution in [-0.4, -0.2) is 50.2 Å². The van der Waals surface area contributed by atoms with Crippen molar-refractivity contribution in [3.05, 3.63) is 40.7 Å². The highest BCUT2D eigenvalue weighted by molar-refractivity contribution is 14.0. The third-order valence-electron chi connectivity index (χ3n) is 4.61. The van der Waals surface area contributed by atoms with Crippen LogP contribution in [0, 0.1) is 13.8 Å². The number of nitrogens with one attached hydrogen (secondary N) is 1. The fourth-order valence-electron chi connectivity index (χ4n) is 2.95. The molecule has 0 saturated heterocycles. The number of aryl methyl sites for hydroxylation is 1. The Morgan fingerprint density at radius 1 is 1.17 bits per heavy atom. The molecule has 162 valence electrons. The summed E-state index contributed by atoms with van der Waals surface area (Å²) in [6, 6.07) is 5.88. The van der Waals surface area contributed by atoms with Gasteiger partial charge in [-0.3, -0.25) is 4.68 Å². The van der Waals surface area contributed by atoms with Crippen molar-refractivity contribution in [2.45, 2.75) is 33.4 Å². The average molecular weight is 517 g/mol. The predicted molar refractivity (Wildman–Crippen MR) is 126 cm³/mol. The summed E-state index contributed by atoms with van der Waals surface area (Å²) >= 11 is 0. The summed E-state index contributed by atoms with van der Waals surface area (Å²) in [5.74, 6) is 1.86. The molecule has 1 aromatic carbocycles. The van der Waals surface area contributed by atoms with E-state index in [4.69, 9.17) is 19.9 Å². The zero-order valence-corrected chi connectivity index (χ0v) is 20.1. The van der Waals surface area contributed by atoms with Gasteiger partial charge in [-0.25, -0.2) is 4.99 Å². The van der Waals surface area contributed by atoms with E-state index in [1.54, 1.807) is 21.3 Å².